The van der Waals surface area contributed by atoms with Crippen molar-refractivity contribution in [3.63, 3.8) is 0 Å². The molecule has 1 N–H and O–H groups in total. The number of fused-ring (bicyclic) bond motifs is 7. The van der Waals surface area contributed by atoms with Gasteiger partial charge in [0, 0.05) is 69.0 Å². The van der Waals surface area contributed by atoms with Gasteiger partial charge in [-0.1, -0.05) is 158 Å². The summed E-state index contributed by atoms with van der Waals surface area (Å²) in [5.74, 6) is 2.26. The smallest absolute Gasteiger partial charge is 0.164 e. The molecule has 6 heteroatoms. The fourth-order valence-corrected chi connectivity index (χ4v) is 11.9. The van der Waals surface area contributed by atoms with E-state index in [0.717, 1.165) is 36.0 Å². The molecule has 12 rings (SSSR count). The summed E-state index contributed by atoms with van der Waals surface area (Å²) in [4.78, 5) is 16.8. The molecule has 1 aliphatic heterocycles. The number of nitrogens with one attached hydrogen (secondary N) is 1. The van der Waals surface area contributed by atoms with Gasteiger partial charge >= 0.3 is 0 Å². The molecule has 2 unspecified atom stereocenters. The van der Waals surface area contributed by atoms with Crippen molar-refractivity contribution in [2.24, 2.45) is 0 Å². The number of thiophene rings is 2. The second-order valence-corrected chi connectivity index (χ2v) is 18.0. The summed E-state index contributed by atoms with van der Waals surface area (Å²) in [5, 5.41) is 8.00. The number of nitrogens with zero attached hydrogens (tertiary/aromatic N) is 3. The van der Waals surface area contributed by atoms with Crippen molar-refractivity contribution >= 4 is 69.7 Å². The Kier molecular flexibility index (Phi) is 8.53. The van der Waals surface area contributed by atoms with Gasteiger partial charge in [-0.15, -0.1) is 22.7 Å². The molecule has 4 heterocycles. The van der Waals surface area contributed by atoms with Gasteiger partial charge in [0.25, 0.3) is 0 Å². The topological polar surface area (TPSA) is 50.7 Å². The second kappa shape index (κ2) is 14.5. The van der Waals surface area contributed by atoms with E-state index in [2.05, 4.69) is 163 Å². The lowest BCUT2D eigenvalue weighted by Crippen LogP contribution is -2.27. The van der Waals surface area contributed by atoms with Crippen LogP contribution in [-0.2, 0) is 0 Å². The molecular formula is C54H38N4S2. The Labute approximate surface area is 356 Å². The Hall–Kier alpha value is -6.73. The van der Waals surface area contributed by atoms with Gasteiger partial charge in [-0.3, -0.25) is 0 Å². The van der Waals surface area contributed by atoms with Crippen LogP contribution in [0.1, 0.15) is 64.2 Å². The van der Waals surface area contributed by atoms with Gasteiger partial charge in [0.2, 0.25) is 0 Å². The van der Waals surface area contributed by atoms with Gasteiger partial charge in [0.05, 0.1) is 6.04 Å². The summed E-state index contributed by atoms with van der Waals surface area (Å²) < 4.78 is 4.03. The van der Waals surface area contributed by atoms with Crippen molar-refractivity contribution in [1.82, 2.24) is 20.3 Å². The molecule has 0 spiro atoms. The van der Waals surface area contributed by atoms with Gasteiger partial charge in [-0.25, -0.2) is 15.0 Å². The van der Waals surface area contributed by atoms with Gasteiger partial charge in [0.15, 0.2) is 17.5 Å². The van der Waals surface area contributed by atoms with Gasteiger partial charge in [-0.05, 0) is 65.3 Å². The predicted molar refractivity (Wildman–Crippen MR) is 252 cm³/mol. The van der Waals surface area contributed by atoms with E-state index in [9.17, 15) is 0 Å². The molecule has 0 amide bonds. The van der Waals surface area contributed by atoms with Crippen LogP contribution >= 0.6 is 22.7 Å². The van der Waals surface area contributed by atoms with E-state index in [1.165, 1.54) is 74.2 Å². The van der Waals surface area contributed by atoms with Gasteiger partial charge in [0.1, 0.15) is 0 Å². The quantitative estimate of drug-likeness (QED) is 0.182. The van der Waals surface area contributed by atoms with Crippen LogP contribution in [0.15, 0.2) is 182 Å². The zero-order valence-corrected chi connectivity index (χ0v) is 34.3. The lowest BCUT2D eigenvalue weighted by molar-refractivity contribution is 0.699. The molecule has 0 fully saturated rings. The summed E-state index contributed by atoms with van der Waals surface area (Å²) in [5.41, 5.74) is 12.2. The first kappa shape index (κ1) is 35.2. The van der Waals surface area contributed by atoms with E-state index < -0.39 is 0 Å². The van der Waals surface area contributed by atoms with E-state index in [0.29, 0.717) is 17.5 Å². The third-order valence-electron chi connectivity index (χ3n) is 12.2. The highest BCUT2D eigenvalue weighted by Crippen LogP contribution is 2.49. The Bertz CT molecular complexity index is 3260. The molecule has 3 aliphatic rings. The fraction of sp³-hybridized carbons (Fsp3) is 0.0926. The largest absolute Gasteiger partial charge is 0.373 e. The summed E-state index contributed by atoms with van der Waals surface area (Å²) in [6, 6.07) is 54.4. The monoisotopic (exact) mass is 806 g/mol. The summed E-state index contributed by atoms with van der Waals surface area (Å²) in [6.07, 6.45) is 12.1. The first-order valence-corrected chi connectivity index (χ1v) is 22.3. The minimum absolute atomic E-state index is 0.112. The average Bonchev–Trinajstić information content (AvgIpc) is 3.91. The van der Waals surface area contributed by atoms with E-state index in [4.69, 9.17) is 15.0 Å². The molecule has 286 valence electrons. The molecular weight excluding hydrogens is 769 g/mol. The van der Waals surface area contributed by atoms with Crippen LogP contribution in [0.25, 0.3) is 69.8 Å². The predicted octanol–water partition coefficient (Wildman–Crippen LogP) is 14.2. The van der Waals surface area contributed by atoms with E-state index in [-0.39, 0.29) is 12.0 Å². The highest BCUT2D eigenvalue weighted by Gasteiger charge is 2.32. The molecule has 2 atom stereocenters. The van der Waals surface area contributed by atoms with E-state index >= 15 is 0 Å². The zero-order chi connectivity index (χ0) is 39.6. The lowest BCUT2D eigenvalue weighted by atomic mass is 9.83. The van der Waals surface area contributed by atoms with Crippen molar-refractivity contribution in [1.29, 1.82) is 0 Å². The maximum atomic E-state index is 5.18. The summed E-state index contributed by atoms with van der Waals surface area (Å²) in [6.45, 7) is 0. The van der Waals surface area contributed by atoms with Gasteiger partial charge in [-0.2, -0.15) is 0 Å². The van der Waals surface area contributed by atoms with Crippen molar-refractivity contribution in [3.05, 3.63) is 215 Å². The second-order valence-electron chi connectivity index (χ2n) is 15.8. The van der Waals surface area contributed by atoms with Crippen molar-refractivity contribution in [2.45, 2.75) is 31.2 Å². The molecule has 2 aliphatic carbocycles. The summed E-state index contributed by atoms with van der Waals surface area (Å²) >= 11 is 3.81. The first-order chi connectivity index (χ1) is 29.7. The number of aromatic nitrogens is 3. The minimum Gasteiger partial charge on any atom is -0.373 e. The summed E-state index contributed by atoms with van der Waals surface area (Å²) in [7, 11) is 0. The standard InChI is InChI=1S/C54H38N4S2/c1-3-13-34(14-4-1)49-51-48(44-20-8-10-24-47(44)60-51)43-30-29-37(32-45(43)55-49)33-25-27-36(28-26-33)53-56-52(35-15-5-2-6-16-35)57-54(58-53)39-18-11-17-38(31-39)40-21-12-22-42-41-19-7-9-23-46(41)59-50(40)42/h1-16,18-28,31-32,38,49,55H,17,29-30H2. The molecule has 9 aromatic rings. The normalized spacial score (nSPS) is 17.3. The molecule has 60 heavy (non-hydrogen) atoms. The number of benzene rings is 6. The number of rotatable bonds is 6. The van der Waals surface area contributed by atoms with Crippen molar-refractivity contribution < 1.29 is 0 Å². The van der Waals surface area contributed by atoms with Crippen LogP contribution in [0, 0.1) is 0 Å². The molecule has 0 saturated carbocycles. The van der Waals surface area contributed by atoms with Crippen molar-refractivity contribution in [3.8, 4) is 22.8 Å². The number of allylic oxidation sites excluding steroid dienone is 7. The van der Waals surface area contributed by atoms with E-state index in [1.807, 2.05) is 40.9 Å². The molecule has 3 aromatic heterocycles. The Morgan fingerprint density at radius 3 is 2.00 bits per heavy atom. The molecule has 6 aromatic carbocycles. The lowest BCUT2D eigenvalue weighted by Gasteiger charge is -2.32. The molecule has 0 bridgehead atoms. The average molecular weight is 807 g/mol. The Morgan fingerprint density at radius 2 is 1.20 bits per heavy atom. The third kappa shape index (κ3) is 6.06. The van der Waals surface area contributed by atoms with Crippen molar-refractivity contribution in [2.75, 3.05) is 0 Å². The highest BCUT2D eigenvalue weighted by atomic mass is 32.1. The molecule has 0 radical (unpaired) electrons. The Balaban J connectivity index is 0.903. The van der Waals surface area contributed by atoms with Gasteiger partial charge < -0.3 is 5.32 Å². The maximum Gasteiger partial charge on any atom is 0.164 e. The Morgan fingerprint density at radius 1 is 0.550 bits per heavy atom. The third-order valence-corrected chi connectivity index (χ3v) is 14.7. The van der Waals surface area contributed by atoms with E-state index in [1.54, 1.807) is 0 Å². The van der Waals surface area contributed by atoms with Crippen LogP contribution in [0.5, 0.6) is 0 Å². The minimum atomic E-state index is 0.112. The van der Waals surface area contributed by atoms with Crippen LogP contribution in [0.2, 0.25) is 0 Å². The zero-order valence-electron chi connectivity index (χ0n) is 32.7. The molecule has 0 saturated heterocycles. The van der Waals surface area contributed by atoms with Crippen LogP contribution < -0.4 is 5.32 Å². The maximum absolute atomic E-state index is 5.18. The number of hydrogen-bond donors (Lipinski definition) is 1. The fourth-order valence-electron chi connectivity index (χ4n) is 9.32. The molecule has 4 nitrogen and oxygen atoms in total. The first-order valence-electron chi connectivity index (χ1n) is 20.7. The van der Waals surface area contributed by atoms with Crippen LogP contribution in [-0.4, -0.2) is 15.0 Å². The highest BCUT2D eigenvalue weighted by molar-refractivity contribution is 7.26. The number of hydrogen-bond acceptors (Lipinski definition) is 6. The SMILES string of the molecule is C1=CC(c2nc(-c3ccccc3)nc(-c3ccc(C4=CC5=C(CC4)c4c(sc6ccccc46)C(c4ccccc4)N5)cc3)n2)=CC(c2cccc3c2sc2ccccc23)C1. The van der Waals surface area contributed by atoms with Crippen LogP contribution in [0.4, 0.5) is 0 Å². The van der Waals surface area contributed by atoms with Crippen LogP contribution in [0.3, 0.4) is 0 Å².